The number of benzene rings is 2. The van der Waals surface area contributed by atoms with Crippen molar-refractivity contribution in [3.05, 3.63) is 89.7 Å². The third-order valence-corrected chi connectivity index (χ3v) is 7.91. The number of nitrogens with zero attached hydrogens (tertiary/aromatic N) is 3. The van der Waals surface area contributed by atoms with Gasteiger partial charge in [-0.25, -0.2) is 8.42 Å². The van der Waals surface area contributed by atoms with E-state index in [-0.39, 0.29) is 16.8 Å². The number of carbonyl (C=O) groups is 1. The lowest BCUT2D eigenvalue weighted by molar-refractivity contribution is 0.0735. The molecule has 2 aliphatic heterocycles. The number of likely N-dealkylation sites (tertiary alicyclic amines) is 1. The number of amides is 1. The van der Waals surface area contributed by atoms with E-state index in [1.165, 1.54) is 10.4 Å². The van der Waals surface area contributed by atoms with Crippen LogP contribution >= 0.6 is 0 Å². The second-order valence-corrected chi connectivity index (χ2v) is 9.79. The summed E-state index contributed by atoms with van der Waals surface area (Å²) in [6.07, 6.45) is 5.99. The van der Waals surface area contributed by atoms with Gasteiger partial charge in [0.05, 0.1) is 16.6 Å². The first kappa shape index (κ1) is 19.8. The minimum atomic E-state index is -3.74. The van der Waals surface area contributed by atoms with Crippen LogP contribution < -0.4 is 4.31 Å². The molecule has 0 radical (unpaired) electrons. The topological polar surface area (TPSA) is 70.6 Å². The van der Waals surface area contributed by atoms with E-state index in [1.54, 1.807) is 30.6 Å². The number of anilines is 1. The summed E-state index contributed by atoms with van der Waals surface area (Å²) in [5.74, 6) is -0.148. The lowest BCUT2D eigenvalue weighted by atomic mass is 10.1. The first-order chi connectivity index (χ1) is 15.1. The van der Waals surface area contributed by atoms with E-state index in [2.05, 4.69) is 4.98 Å². The molecule has 0 spiro atoms. The lowest BCUT2D eigenvalue weighted by Crippen LogP contribution is -2.31. The molecule has 1 amide bonds. The summed E-state index contributed by atoms with van der Waals surface area (Å²) in [5, 5.41) is 0. The first-order valence-electron chi connectivity index (χ1n) is 10.5. The summed E-state index contributed by atoms with van der Waals surface area (Å²) < 4.78 is 28.2. The maximum atomic E-state index is 13.4. The Hall–Kier alpha value is -3.19. The van der Waals surface area contributed by atoms with Gasteiger partial charge in [-0.3, -0.25) is 14.1 Å². The highest BCUT2D eigenvalue weighted by atomic mass is 32.2. The van der Waals surface area contributed by atoms with E-state index >= 15 is 0 Å². The van der Waals surface area contributed by atoms with Gasteiger partial charge < -0.3 is 4.90 Å². The van der Waals surface area contributed by atoms with Crippen molar-refractivity contribution in [3.63, 3.8) is 0 Å². The summed E-state index contributed by atoms with van der Waals surface area (Å²) in [5.41, 5.74) is 3.14. The Morgan fingerprint density at radius 1 is 1.00 bits per heavy atom. The molecule has 7 heteroatoms. The summed E-state index contributed by atoms with van der Waals surface area (Å²) in [6, 6.07) is 17.8. The van der Waals surface area contributed by atoms with Crippen LogP contribution in [0.25, 0.3) is 0 Å². The molecule has 1 atom stereocenters. The van der Waals surface area contributed by atoms with Gasteiger partial charge in [0.2, 0.25) is 0 Å². The Morgan fingerprint density at radius 3 is 2.71 bits per heavy atom. The zero-order valence-electron chi connectivity index (χ0n) is 17.0. The molecule has 0 unspecified atom stereocenters. The van der Waals surface area contributed by atoms with E-state index in [0.29, 0.717) is 25.1 Å². The second kappa shape index (κ2) is 7.81. The normalized spacial score (nSPS) is 18.3. The Kier molecular flexibility index (Phi) is 4.98. The van der Waals surface area contributed by atoms with E-state index in [4.69, 9.17) is 0 Å². The van der Waals surface area contributed by atoms with Crippen LogP contribution in [0.3, 0.4) is 0 Å². The van der Waals surface area contributed by atoms with Gasteiger partial charge in [0.25, 0.3) is 15.9 Å². The number of para-hydroxylation sites is 1. The molecule has 1 aromatic heterocycles. The van der Waals surface area contributed by atoms with Crippen LogP contribution in [-0.2, 0) is 16.4 Å². The highest BCUT2D eigenvalue weighted by Gasteiger charge is 2.33. The zero-order valence-corrected chi connectivity index (χ0v) is 17.8. The number of hydrogen-bond donors (Lipinski definition) is 0. The van der Waals surface area contributed by atoms with Crippen molar-refractivity contribution in [1.82, 2.24) is 9.88 Å². The van der Waals surface area contributed by atoms with Crippen molar-refractivity contribution in [2.45, 2.75) is 30.2 Å². The number of carbonyl (C=O) groups excluding carboxylic acids is 1. The molecular formula is C24H23N3O3S. The third kappa shape index (κ3) is 3.49. The number of pyridine rings is 1. The standard InChI is InChI=1S/C24H23N3O3S/c28-24(26-14-5-11-22(26)20-8-4-13-25-17-20)19-7-3-9-21(16-19)31(29,30)27-15-12-18-6-1-2-10-23(18)27/h1-4,6-10,13,16-17,22H,5,11-12,14-15H2/t22-/m0/s1. The molecule has 0 bridgehead atoms. The van der Waals surface area contributed by atoms with Crippen LogP contribution in [0.4, 0.5) is 5.69 Å². The summed E-state index contributed by atoms with van der Waals surface area (Å²) in [6.45, 7) is 1.06. The average Bonchev–Trinajstić information content (AvgIpc) is 3.47. The minimum absolute atomic E-state index is 0.0353. The number of fused-ring (bicyclic) bond motifs is 1. The van der Waals surface area contributed by atoms with Crippen LogP contribution in [0.1, 0.15) is 40.4 Å². The molecular weight excluding hydrogens is 410 g/mol. The molecule has 3 heterocycles. The Balaban J connectivity index is 1.45. The van der Waals surface area contributed by atoms with Crippen LogP contribution in [0.2, 0.25) is 0 Å². The SMILES string of the molecule is O=C(c1cccc(S(=O)(=O)N2CCc3ccccc32)c1)N1CCC[C@H]1c1cccnc1. The highest BCUT2D eigenvalue weighted by Crippen LogP contribution is 2.35. The number of sulfonamides is 1. The molecule has 158 valence electrons. The van der Waals surface area contributed by atoms with Crippen molar-refractivity contribution in [2.24, 2.45) is 0 Å². The molecule has 6 nitrogen and oxygen atoms in total. The highest BCUT2D eigenvalue weighted by molar-refractivity contribution is 7.92. The van der Waals surface area contributed by atoms with E-state index in [0.717, 1.165) is 29.7 Å². The quantitative estimate of drug-likeness (QED) is 0.627. The van der Waals surface area contributed by atoms with Crippen LogP contribution in [0.15, 0.2) is 78.0 Å². The van der Waals surface area contributed by atoms with Crippen LogP contribution in [-0.4, -0.2) is 37.3 Å². The Morgan fingerprint density at radius 2 is 1.87 bits per heavy atom. The molecule has 0 saturated carbocycles. The maximum Gasteiger partial charge on any atom is 0.264 e. The average molecular weight is 434 g/mol. The summed E-state index contributed by atoms with van der Waals surface area (Å²) in [7, 11) is -3.74. The third-order valence-electron chi connectivity index (χ3n) is 6.10. The molecule has 1 saturated heterocycles. The van der Waals surface area contributed by atoms with Gasteiger partial charge in [-0.1, -0.05) is 30.3 Å². The molecule has 31 heavy (non-hydrogen) atoms. The monoisotopic (exact) mass is 433 g/mol. The van der Waals surface area contributed by atoms with E-state index < -0.39 is 10.0 Å². The zero-order chi connectivity index (χ0) is 21.4. The van der Waals surface area contributed by atoms with Crippen molar-refractivity contribution in [2.75, 3.05) is 17.4 Å². The van der Waals surface area contributed by atoms with Crippen molar-refractivity contribution in [1.29, 1.82) is 0 Å². The molecule has 2 aliphatic rings. The van der Waals surface area contributed by atoms with Crippen molar-refractivity contribution >= 4 is 21.6 Å². The Labute approximate surface area is 182 Å². The predicted octanol–water partition coefficient (Wildman–Crippen LogP) is 3.81. The van der Waals surface area contributed by atoms with Gasteiger partial charge in [-0.15, -0.1) is 0 Å². The fourth-order valence-corrected chi connectivity index (χ4v) is 6.12. The largest absolute Gasteiger partial charge is 0.332 e. The number of aromatic nitrogens is 1. The smallest absolute Gasteiger partial charge is 0.264 e. The van der Waals surface area contributed by atoms with Gasteiger partial charge in [0, 0.05) is 31.0 Å². The fraction of sp³-hybridized carbons (Fsp3) is 0.250. The van der Waals surface area contributed by atoms with Gasteiger partial charge in [-0.05, 0) is 60.7 Å². The van der Waals surface area contributed by atoms with Gasteiger partial charge in [0.15, 0.2) is 0 Å². The van der Waals surface area contributed by atoms with Crippen LogP contribution in [0.5, 0.6) is 0 Å². The maximum absolute atomic E-state index is 13.4. The lowest BCUT2D eigenvalue weighted by Gasteiger charge is -2.25. The molecule has 1 fully saturated rings. The van der Waals surface area contributed by atoms with E-state index in [9.17, 15) is 13.2 Å². The van der Waals surface area contributed by atoms with Gasteiger partial charge >= 0.3 is 0 Å². The van der Waals surface area contributed by atoms with Crippen molar-refractivity contribution in [3.8, 4) is 0 Å². The summed E-state index contributed by atoms with van der Waals surface area (Å²) in [4.78, 5) is 19.5. The van der Waals surface area contributed by atoms with E-state index in [1.807, 2.05) is 41.3 Å². The molecule has 5 rings (SSSR count). The molecule has 2 aromatic carbocycles. The molecule has 0 N–H and O–H groups in total. The summed E-state index contributed by atoms with van der Waals surface area (Å²) >= 11 is 0. The fourth-order valence-electron chi connectivity index (χ4n) is 4.57. The van der Waals surface area contributed by atoms with Gasteiger partial charge in [0.1, 0.15) is 0 Å². The second-order valence-electron chi connectivity index (χ2n) is 7.93. The number of hydrogen-bond acceptors (Lipinski definition) is 4. The number of rotatable bonds is 4. The first-order valence-corrected chi connectivity index (χ1v) is 11.9. The molecule has 3 aromatic rings. The Bertz CT molecular complexity index is 1230. The minimum Gasteiger partial charge on any atom is -0.332 e. The predicted molar refractivity (Wildman–Crippen MR) is 118 cm³/mol. The molecule has 0 aliphatic carbocycles. The van der Waals surface area contributed by atoms with Crippen LogP contribution in [0, 0.1) is 0 Å². The van der Waals surface area contributed by atoms with Gasteiger partial charge in [-0.2, -0.15) is 0 Å². The van der Waals surface area contributed by atoms with Crippen molar-refractivity contribution < 1.29 is 13.2 Å².